The van der Waals surface area contributed by atoms with Gasteiger partial charge < -0.3 is 11.1 Å². The molecule has 5 N–H and O–H groups in total. The van der Waals surface area contributed by atoms with Crippen LogP contribution in [0.3, 0.4) is 0 Å². The maximum absolute atomic E-state index is 12.7. The van der Waals surface area contributed by atoms with Crippen LogP contribution in [0, 0.1) is 0 Å². The average molecular weight is 515 g/mol. The molecule has 1 heterocycles. The molecule has 0 radical (unpaired) electrons. The number of thiazole rings is 1. The second-order valence-electron chi connectivity index (χ2n) is 6.87. The number of nitrogens with two attached hydrogens (primary N) is 2. The van der Waals surface area contributed by atoms with Gasteiger partial charge in [0, 0.05) is 11.8 Å². The van der Waals surface area contributed by atoms with Gasteiger partial charge in [0.2, 0.25) is 5.78 Å². The van der Waals surface area contributed by atoms with Crippen molar-refractivity contribution in [1.29, 1.82) is 0 Å². The van der Waals surface area contributed by atoms with Gasteiger partial charge >= 0.3 is 6.18 Å². The number of rotatable bonds is 6. The van der Waals surface area contributed by atoms with Gasteiger partial charge in [-0.2, -0.15) is 13.2 Å². The molecule has 2 aromatic rings. The minimum atomic E-state index is -4.05. The zero-order valence-corrected chi connectivity index (χ0v) is 19.6. The molecule has 172 valence electrons. The molecule has 1 aliphatic carbocycles. The number of hydrogen-bond donors (Lipinski definition) is 3. The number of aromatic nitrogens is 1. The third-order valence-corrected chi connectivity index (χ3v) is 6.56. The van der Waals surface area contributed by atoms with E-state index >= 15 is 0 Å². The van der Waals surface area contributed by atoms with Crippen LogP contribution in [0.4, 0.5) is 24.1 Å². The first-order valence-electron chi connectivity index (χ1n) is 9.52. The minimum Gasteiger partial charge on any atom is -0.382 e. The summed E-state index contributed by atoms with van der Waals surface area (Å²) in [7, 11) is 0. The van der Waals surface area contributed by atoms with Crippen molar-refractivity contribution >= 4 is 63.2 Å². The van der Waals surface area contributed by atoms with E-state index in [1.165, 1.54) is 30.6 Å². The highest BCUT2D eigenvalue weighted by atomic mass is 35.5. The molecule has 0 saturated heterocycles. The molecule has 1 aliphatic rings. The Hall–Kier alpha value is -1.20. The van der Waals surface area contributed by atoms with E-state index in [0.29, 0.717) is 38.0 Å². The van der Waals surface area contributed by atoms with E-state index in [9.17, 15) is 18.0 Å². The summed E-state index contributed by atoms with van der Waals surface area (Å²) >= 11 is 14.2. The number of halogens is 5. The van der Waals surface area contributed by atoms with Crippen molar-refractivity contribution in [1.82, 2.24) is 4.98 Å². The number of nitrogens with one attached hydrogen (secondary N) is 1. The Bertz CT molecular complexity index is 854. The first-order chi connectivity index (χ1) is 14.6. The number of nitrogen functional groups attached to an aromatic ring is 1. The quantitative estimate of drug-likeness (QED) is 0.298. The normalized spacial score (nSPS) is 14.6. The van der Waals surface area contributed by atoms with Gasteiger partial charge in [-0.1, -0.05) is 71.8 Å². The predicted octanol–water partition coefficient (Wildman–Crippen LogP) is 6.55. The molecule has 1 aromatic heterocycles. The molecular weight excluding hydrogens is 492 g/mol. The number of hydrogen-bond acceptors (Lipinski definition) is 7. The Morgan fingerprint density at radius 1 is 1.23 bits per heavy atom. The number of carbonyl (C=O) groups is 1. The Morgan fingerprint density at radius 2 is 1.84 bits per heavy atom. The largest absolute Gasteiger partial charge is 0.389 e. The van der Waals surface area contributed by atoms with Crippen LogP contribution in [0.1, 0.15) is 53.8 Å². The SMILES string of the molecule is NSCCC(F)(F)F.Nc1nc(NC2CCCCC2)sc1C(=O)c1c(Cl)cccc1Cl. The van der Waals surface area contributed by atoms with Gasteiger partial charge in [0.1, 0.15) is 10.7 Å². The highest BCUT2D eigenvalue weighted by Gasteiger charge is 2.26. The number of benzene rings is 1. The molecular formula is C19H23Cl2F3N4OS2. The summed E-state index contributed by atoms with van der Waals surface area (Å²) in [4.78, 5) is 17.4. The topological polar surface area (TPSA) is 94.0 Å². The Morgan fingerprint density at radius 3 is 2.35 bits per heavy atom. The lowest BCUT2D eigenvalue weighted by Gasteiger charge is -2.22. The van der Waals surface area contributed by atoms with Crippen molar-refractivity contribution in [3.05, 3.63) is 38.7 Å². The van der Waals surface area contributed by atoms with Crippen LogP contribution in [-0.2, 0) is 0 Å². The molecule has 3 rings (SSSR count). The molecule has 0 amide bonds. The summed E-state index contributed by atoms with van der Waals surface area (Å²) in [6.07, 6.45) is 1.13. The Balaban J connectivity index is 0.000000366. The van der Waals surface area contributed by atoms with E-state index in [-0.39, 0.29) is 22.9 Å². The molecule has 0 bridgehead atoms. The first-order valence-corrected chi connectivity index (χ1v) is 12.1. The first kappa shape index (κ1) is 26.1. The van der Waals surface area contributed by atoms with Crippen LogP contribution in [0.5, 0.6) is 0 Å². The summed E-state index contributed by atoms with van der Waals surface area (Å²) in [5.74, 6) is -0.120. The van der Waals surface area contributed by atoms with E-state index < -0.39 is 12.6 Å². The number of ketones is 1. The van der Waals surface area contributed by atoms with E-state index in [1.54, 1.807) is 18.2 Å². The summed E-state index contributed by atoms with van der Waals surface area (Å²) in [6.45, 7) is 0. The maximum Gasteiger partial charge on any atom is 0.389 e. The molecule has 0 spiro atoms. The molecule has 1 saturated carbocycles. The Labute approximate surface area is 197 Å². The van der Waals surface area contributed by atoms with Gasteiger partial charge in [-0.15, -0.1) is 0 Å². The van der Waals surface area contributed by atoms with E-state index in [1.807, 2.05) is 0 Å². The zero-order valence-electron chi connectivity index (χ0n) is 16.5. The van der Waals surface area contributed by atoms with Gasteiger partial charge in [-0.3, -0.25) is 9.93 Å². The predicted molar refractivity (Wildman–Crippen MR) is 124 cm³/mol. The zero-order chi connectivity index (χ0) is 23.0. The third-order valence-electron chi connectivity index (χ3n) is 4.49. The van der Waals surface area contributed by atoms with Crippen LogP contribution in [0.2, 0.25) is 10.0 Å². The second-order valence-corrected chi connectivity index (χ2v) is 9.43. The maximum atomic E-state index is 12.7. The molecule has 31 heavy (non-hydrogen) atoms. The third kappa shape index (κ3) is 8.34. The van der Waals surface area contributed by atoms with Crippen LogP contribution < -0.4 is 16.2 Å². The fourth-order valence-electron chi connectivity index (χ4n) is 2.98. The molecule has 0 unspecified atom stereocenters. The smallest absolute Gasteiger partial charge is 0.382 e. The monoisotopic (exact) mass is 514 g/mol. The van der Waals surface area contributed by atoms with Crippen molar-refractivity contribution in [3.63, 3.8) is 0 Å². The molecule has 1 aromatic carbocycles. The van der Waals surface area contributed by atoms with Gasteiger partial charge in [0.15, 0.2) is 5.13 Å². The fraction of sp³-hybridized carbons (Fsp3) is 0.474. The lowest BCUT2D eigenvalue weighted by molar-refractivity contribution is -0.129. The van der Waals surface area contributed by atoms with Gasteiger partial charge in [-0.25, -0.2) is 4.98 Å². The van der Waals surface area contributed by atoms with Crippen molar-refractivity contribution < 1.29 is 18.0 Å². The van der Waals surface area contributed by atoms with Gasteiger partial charge in [0.05, 0.1) is 22.0 Å². The van der Waals surface area contributed by atoms with Crippen molar-refractivity contribution in [3.8, 4) is 0 Å². The molecule has 1 fully saturated rings. The van der Waals surface area contributed by atoms with Crippen molar-refractivity contribution in [2.24, 2.45) is 5.14 Å². The molecule has 0 aliphatic heterocycles. The van der Waals surface area contributed by atoms with E-state index in [2.05, 4.69) is 10.3 Å². The van der Waals surface area contributed by atoms with Crippen molar-refractivity contribution in [2.75, 3.05) is 16.8 Å². The number of carbonyl (C=O) groups excluding carboxylic acids is 1. The number of nitrogens with zero attached hydrogens (tertiary/aromatic N) is 1. The lowest BCUT2D eigenvalue weighted by Crippen LogP contribution is -2.22. The van der Waals surface area contributed by atoms with Gasteiger partial charge in [-0.05, 0) is 25.0 Å². The standard InChI is InChI=1S/C16H17Cl2N3OS.C3H6F3NS/c17-10-7-4-8-11(18)12(10)13(22)14-15(19)21-16(23-14)20-9-5-2-1-3-6-9;4-3(5,6)1-2-8-7/h4,7-9H,1-3,5-6,19H2,(H,20,21);1-2,7H2. The van der Waals surface area contributed by atoms with E-state index in [4.69, 9.17) is 34.1 Å². The number of alkyl halides is 3. The summed E-state index contributed by atoms with van der Waals surface area (Å²) in [5, 5.41) is 9.45. The minimum absolute atomic E-state index is 0.0521. The fourth-order valence-corrected chi connectivity index (χ4v) is 4.81. The van der Waals surface area contributed by atoms with Crippen LogP contribution in [-0.4, -0.2) is 28.7 Å². The van der Waals surface area contributed by atoms with E-state index in [0.717, 1.165) is 12.8 Å². The highest BCUT2D eigenvalue weighted by Crippen LogP contribution is 2.34. The van der Waals surface area contributed by atoms with Crippen LogP contribution >= 0.6 is 46.5 Å². The Kier molecular flexibility index (Phi) is 10.2. The molecule has 5 nitrogen and oxygen atoms in total. The summed E-state index contributed by atoms with van der Waals surface area (Å²) in [5.41, 5.74) is 6.21. The molecule has 0 atom stereocenters. The number of anilines is 2. The summed E-state index contributed by atoms with van der Waals surface area (Å²) in [6, 6.07) is 5.38. The van der Waals surface area contributed by atoms with Crippen molar-refractivity contribution in [2.45, 2.75) is 50.7 Å². The van der Waals surface area contributed by atoms with Crippen LogP contribution in [0.15, 0.2) is 18.2 Å². The average Bonchev–Trinajstić information content (AvgIpc) is 3.07. The highest BCUT2D eigenvalue weighted by molar-refractivity contribution is 7.97. The van der Waals surface area contributed by atoms with Gasteiger partial charge in [0.25, 0.3) is 0 Å². The second kappa shape index (κ2) is 12.2. The lowest BCUT2D eigenvalue weighted by atomic mass is 9.96. The summed E-state index contributed by atoms with van der Waals surface area (Å²) < 4.78 is 33.5. The van der Waals surface area contributed by atoms with Crippen LogP contribution in [0.25, 0.3) is 0 Å². The molecule has 12 heteroatoms.